The first-order chi connectivity index (χ1) is 14.6. The first-order valence-electron chi connectivity index (χ1n) is 9.87. The number of aromatic amines is 1. The minimum absolute atomic E-state index is 0.250. The number of unbranched alkanes of at least 4 members (excludes halogenated alkanes) is 1. The van der Waals surface area contributed by atoms with Gasteiger partial charge in [0.1, 0.15) is 5.65 Å². The van der Waals surface area contributed by atoms with Gasteiger partial charge in [0.25, 0.3) is 0 Å². The number of aromatic nitrogens is 2. The number of hydrogen-bond acceptors (Lipinski definition) is 4. The third-order valence-electron chi connectivity index (χ3n) is 4.04. The number of pyridine rings is 1. The normalized spacial score (nSPS) is 10.5. The summed E-state index contributed by atoms with van der Waals surface area (Å²) in [6.45, 7) is 8.84. The lowest BCUT2D eigenvalue weighted by atomic mass is 10.1. The molecule has 0 fully saturated rings. The molecule has 3 aromatic rings. The van der Waals surface area contributed by atoms with Crippen LogP contribution < -0.4 is 11.5 Å². The molecule has 3 rings (SSSR count). The molecule has 6 heteroatoms. The average Bonchev–Trinajstić information content (AvgIpc) is 3.38. The van der Waals surface area contributed by atoms with E-state index in [1.54, 1.807) is 11.3 Å². The second-order valence-corrected chi connectivity index (χ2v) is 7.42. The van der Waals surface area contributed by atoms with Crippen LogP contribution in [0.25, 0.3) is 21.5 Å². The monoisotopic (exact) mass is 424 g/mol. The molecular formula is C24H32N4OS. The van der Waals surface area contributed by atoms with Crippen LogP contribution in [0.5, 0.6) is 0 Å². The number of carbonyl (C=O) groups is 1. The third kappa shape index (κ3) is 9.03. The number of nitrogens with one attached hydrogen (secondary N) is 1. The Morgan fingerprint density at radius 1 is 1.30 bits per heavy atom. The largest absolute Gasteiger partial charge is 0.372 e. The zero-order valence-electron chi connectivity index (χ0n) is 17.8. The minimum atomic E-state index is 0.250. The van der Waals surface area contributed by atoms with Crippen molar-refractivity contribution in [3.05, 3.63) is 78.0 Å². The molecule has 0 radical (unpaired) electrons. The number of amides is 1. The zero-order valence-corrected chi connectivity index (χ0v) is 18.6. The van der Waals surface area contributed by atoms with E-state index in [9.17, 15) is 0 Å². The van der Waals surface area contributed by atoms with Gasteiger partial charge in [-0.25, -0.2) is 4.98 Å². The van der Waals surface area contributed by atoms with E-state index in [4.69, 9.17) is 10.5 Å². The van der Waals surface area contributed by atoms with Crippen molar-refractivity contribution >= 4 is 28.8 Å². The van der Waals surface area contributed by atoms with Crippen LogP contribution in [-0.4, -0.2) is 22.9 Å². The standard InChI is InChI=1S/C12H10N2S.C11H19N.CH3NO/c1-8-6-11(15-7-8)9-2-4-13-12-10(9)3-5-14-12;1-3-4-5-8-11(2)9-6-7-10-12;2-1-3/h2-7H,1H3,(H,13,14);3-5,8H,2,6-7,9-10,12H2,1H3;1H,(H2,2,3)/b;4-3-,8-5-;. The van der Waals surface area contributed by atoms with Gasteiger partial charge in [-0.15, -0.1) is 11.3 Å². The molecule has 0 bridgehead atoms. The van der Waals surface area contributed by atoms with E-state index >= 15 is 0 Å². The van der Waals surface area contributed by atoms with Gasteiger partial charge in [0.15, 0.2) is 0 Å². The van der Waals surface area contributed by atoms with Crippen LogP contribution in [0.15, 0.2) is 72.4 Å². The first kappa shape index (κ1) is 25.1. The Balaban J connectivity index is 0.000000273. The summed E-state index contributed by atoms with van der Waals surface area (Å²) in [5.41, 5.74) is 14.3. The fraction of sp³-hybridized carbons (Fsp3) is 0.250. The number of nitrogens with zero attached hydrogens (tertiary/aromatic N) is 1. The van der Waals surface area contributed by atoms with Crippen LogP contribution in [0.4, 0.5) is 0 Å². The molecule has 30 heavy (non-hydrogen) atoms. The number of carbonyl (C=O) groups excluding carboxylic acids is 1. The summed E-state index contributed by atoms with van der Waals surface area (Å²) in [4.78, 5) is 17.3. The van der Waals surface area contributed by atoms with Gasteiger partial charge in [0, 0.05) is 28.2 Å². The molecule has 5 nitrogen and oxygen atoms in total. The second kappa shape index (κ2) is 15.0. The van der Waals surface area contributed by atoms with Crippen molar-refractivity contribution in [1.29, 1.82) is 0 Å². The van der Waals surface area contributed by atoms with Crippen LogP contribution >= 0.6 is 11.3 Å². The number of primary amides is 1. The summed E-state index contributed by atoms with van der Waals surface area (Å²) in [5, 5.41) is 3.37. The molecule has 1 amide bonds. The van der Waals surface area contributed by atoms with Gasteiger partial charge in [0.2, 0.25) is 6.41 Å². The SMILES string of the molecule is C=C(/C=C\C=C/C)CCCCN.Cc1csc(-c2ccnc3[nH]ccc23)c1.NC=O. The first-order valence-corrected chi connectivity index (χ1v) is 10.8. The van der Waals surface area contributed by atoms with Gasteiger partial charge >= 0.3 is 0 Å². The Morgan fingerprint density at radius 2 is 2.07 bits per heavy atom. The minimum Gasteiger partial charge on any atom is -0.372 e. The van der Waals surface area contributed by atoms with Crippen LogP contribution in [0.1, 0.15) is 31.7 Å². The number of allylic oxidation sites excluding steroid dienone is 5. The van der Waals surface area contributed by atoms with E-state index in [-0.39, 0.29) is 6.41 Å². The maximum Gasteiger partial charge on any atom is 0.204 e. The van der Waals surface area contributed by atoms with Crippen LogP contribution in [0.2, 0.25) is 0 Å². The molecule has 0 aromatic carbocycles. The van der Waals surface area contributed by atoms with Crippen molar-refractivity contribution in [2.75, 3.05) is 6.54 Å². The number of rotatable bonds is 7. The smallest absolute Gasteiger partial charge is 0.204 e. The predicted octanol–water partition coefficient (Wildman–Crippen LogP) is 5.51. The lowest BCUT2D eigenvalue weighted by Gasteiger charge is -1.98. The summed E-state index contributed by atoms with van der Waals surface area (Å²) in [5.74, 6) is 0. The fourth-order valence-electron chi connectivity index (χ4n) is 2.63. The number of H-pyrrole nitrogens is 1. The van der Waals surface area contributed by atoms with Crippen molar-refractivity contribution in [1.82, 2.24) is 9.97 Å². The van der Waals surface area contributed by atoms with Crippen molar-refractivity contribution in [2.45, 2.75) is 33.1 Å². The number of fused-ring (bicyclic) bond motifs is 1. The molecule has 3 heterocycles. The Hall–Kier alpha value is -2.96. The summed E-state index contributed by atoms with van der Waals surface area (Å²) in [6.07, 6.45) is 15.4. The topological polar surface area (TPSA) is 97.8 Å². The van der Waals surface area contributed by atoms with Gasteiger partial charge in [-0.3, -0.25) is 4.79 Å². The van der Waals surface area contributed by atoms with Crippen LogP contribution in [0, 0.1) is 6.92 Å². The summed E-state index contributed by atoms with van der Waals surface area (Å²) in [6, 6.07) is 6.36. The number of aryl methyl sites for hydroxylation is 1. The highest BCUT2D eigenvalue weighted by Gasteiger charge is 2.06. The van der Waals surface area contributed by atoms with Gasteiger partial charge in [0.05, 0.1) is 0 Å². The third-order valence-corrected chi connectivity index (χ3v) is 5.13. The Morgan fingerprint density at radius 3 is 2.70 bits per heavy atom. The summed E-state index contributed by atoms with van der Waals surface area (Å²) >= 11 is 1.78. The zero-order chi connectivity index (χ0) is 22.2. The molecular weight excluding hydrogens is 392 g/mol. The predicted molar refractivity (Wildman–Crippen MR) is 130 cm³/mol. The Kier molecular flexibility index (Phi) is 12.5. The van der Waals surface area contributed by atoms with Crippen molar-refractivity contribution in [3.8, 4) is 10.4 Å². The molecule has 0 spiro atoms. The van der Waals surface area contributed by atoms with Gasteiger partial charge < -0.3 is 16.5 Å². The lowest BCUT2D eigenvalue weighted by Crippen LogP contribution is -1.97. The van der Waals surface area contributed by atoms with Crippen LogP contribution in [-0.2, 0) is 4.79 Å². The quantitative estimate of drug-likeness (QED) is 0.265. The van der Waals surface area contributed by atoms with E-state index in [1.165, 1.54) is 27.0 Å². The molecule has 0 atom stereocenters. The number of thiophene rings is 1. The molecule has 0 aliphatic carbocycles. The molecule has 0 unspecified atom stereocenters. The van der Waals surface area contributed by atoms with E-state index in [0.29, 0.717) is 0 Å². The Labute approximate surface area is 183 Å². The maximum absolute atomic E-state index is 8.58. The molecule has 0 aliphatic heterocycles. The highest BCUT2D eigenvalue weighted by Crippen LogP contribution is 2.31. The van der Waals surface area contributed by atoms with Gasteiger partial charge in [-0.05, 0) is 68.8 Å². The average molecular weight is 425 g/mol. The molecule has 5 N–H and O–H groups in total. The van der Waals surface area contributed by atoms with E-state index in [0.717, 1.165) is 31.5 Å². The van der Waals surface area contributed by atoms with Crippen molar-refractivity contribution in [3.63, 3.8) is 0 Å². The van der Waals surface area contributed by atoms with Gasteiger partial charge in [-0.1, -0.05) is 36.5 Å². The molecule has 3 aromatic heterocycles. The van der Waals surface area contributed by atoms with E-state index in [1.807, 2.05) is 37.5 Å². The van der Waals surface area contributed by atoms with Crippen molar-refractivity contribution < 1.29 is 4.79 Å². The highest BCUT2D eigenvalue weighted by molar-refractivity contribution is 7.13. The van der Waals surface area contributed by atoms with Crippen molar-refractivity contribution in [2.24, 2.45) is 11.5 Å². The van der Waals surface area contributed by atoms with E-state index < -0.39 is 0 Å². The number of hydrogen-bond donors (Lipinski definition) is 3. The molecule has 160 valence electrons. The highest BCUT2D eigenvalue weighted by atomic mass is 32.1. The molecule has 0 saturated carbocycles. The molecule has 0 aliphatic rings. The second-order valence-electron chi connectivity index (χ2n) is 6.51. The number of nitrogens with two attached hydrogens (primary N) is 2. The lowest BCUT2D eigenvalue weighted by molar-refractivity contribution is -0.106. The van der Waals surface area contributed by atoms with E-state index in [2.05, 4.69) is 58.9 Å². The Bertz CT molecular complexity index is 953. The summed E-state index contributed by atoms with van der Waals surface area (Å²) < 4.78 is 0. The fourth-order valence-corrected chi connectivity index (χ4v) is 3.57. The van der Waals surface area contributed by atoms with Crippen LogP contribution in [0.3, 0.4) is 0 Å². The van der Waals surface area contributed by atoms with Gasteiger partial charge in [-0.2, -0.15) is 0 Å². The maximum atomic E-state index is 8.58. The molecule has 0 saturated heterocycles. The summed E-state index contributed by atoms with van der Waals surface area (Å²) in [7, 11) is 0.